The second kappa shape index (κ2) is 10.2. The molecule has 3 unspecified atom stereocenters. The molecule has 1 amide bonds. The summed E-state index contributed by atoms with van der Waals surface area (Å²) in [6.45, 7) is -0.567. The van der Waals surface area contributed by atoms with Crippen LogP contribution in [0.5, 0.6) is 0 Å². The topological polar surface area (TPSA) is 93.6 Å². The number of alkyl halides is 3. The molecule has 37 heavy (non-hydrogen) atoms. The lowest BCUT2D eigenvalue weighted by molar-refractivity contribution is -0.129. The SMILES string of the molecule is CCC(=O)c1cc(C2(c3cccc(-c4cccnc4F)c3)N=C(N)N(C)C2=O)cn1CC(F)C(F)CF. The van der Waals surface area contributed by atoms with Crippen LogP contribution in [0.15, 0.2) is 59.9 Å². The number of benzene rings is 1. The minimum absolute atomic E-state index is 0.0103. The van der Waals surface area contributed by atoms with Crippen LogP contribution in [0, 0.1) is 5.95 Å². The monoisotopic (exact) mass is 515 g/mol. The van der Waals surface area contributed by atoms with Crippen molar-refractivity contribution in [1.82, 2.24) is 14.5 Å². The minimum Gasteiger partial charge on any atom is -0.369 e. The molecule has 3 atom stereocenters. The van der Waals surface area contributed by atoms with Gasteiger partial charge in [0.15, 0.2) is 29.6 Å². The molecule has 1 aromatic carbocycles. The second-order valence-electron chi connectivity index (χ2n) is 8.70. The first-order valence-electron chi connectivity index (χ1n) is 11.6. The molecule has 0 fully saturated rings. The van der Waals surface area contributed by atoms with Crippen LogP contribution < -0.4 is 5.73 Å². The minimum atomic E-state index is -2.37. The molecule has 3 aromatic rings. The van der Waals surface area contributed by atoms with E-state index in [2.05, 4.69) is 9.98 Å². The van der Waals surface area contributed by atoms with E-state index in [1.807, 2.05) is 0 Å². The van der Waals surface area contributed by atoms with Crippen molar-refractivity contribution in [2.75, 3.05) is 13.7 Å². The highest BCUT2D eigenvalue weighted by Crippen LogP contribution is 2.41. The van der Waals surface area contributed by atoms with Crippen LogP contribution in [-0.4, -0.2) is 58.2 Å². The van der Waals surface area contributed by atoms with Crippen molar-refractivity contribution in [1.29, 1.82) is 0 Å². The third kappa shape index (κ3) is 4.49. The predicted molar refractivity (Wildman–Crippen MR) is 130 cm³/mol. The number of likely N-dealkylation sites (N-methyl/N-ethyl adjacent to an activating group) is 1. The fourth-order valence-corrected chi connectivity index (χ4v) is 4.37. The van der Waals surface area contributed by atoms with Gasteiger partial charge in [-0.3, -0.25) is 14.5 Å². The van der Waals surface area contributed by atoms with Crippen molar-refractivity contribution in [3.05, 3.63) is 77.6 Å². The summed E-state index contributed by atoms with van der Waals surface area (Å²) in [5.41, 5.74) is 5.33. The lowest BCUT2D eigenvalue weighted by Crippen LogP contribution is -2.41. The standard InChI is InChI=1S/C26H25F4N5O2/c1-3-22(36)21-11-17(13-35(21)14-20(29)19(28)12-27)26(24(37)34(2)25(31)33-26)16-7-4-6-15(10-16)18-8-5-9-32-23(18)30/h4-11,13,19-20H,3,12,14H2,1-2H3,(H2,31,33). The fraction of sp³-hybridized carbons (Fsp3) is 0.308. The fourth-order valence-electron chi connectivity index (χ4n) is 4.37. The molecule has 0 spiro atoms. The summed E-state index contributed by atoms with van der Waals surface area (Å²) in [6.07, 6.45) is -1.92. The van der Waals surface area contributed by atoms with Crippen molar-refractivity contribution in [2.24, 2.45) is 10.7 Å². The maximum atomic E-state index is 14.4. The van der Waals surface area contributed by atoms with Gasteiger partial charge in [0, 0.05) is 37.0 Å². The number of pyridine rings is 1. The average Bonchev–Trinajstić information content (AvgIpc) is 3.43. The Bertz CT molecular complexity index is 1370. The first-order valence-corrected chi connectivity index (χ1v) is 11.6. The van der Waals surface area contributed by atoms with Crippen LogP contribution in [0.1, 0.15) is 35.0 Å². The first kappa shape index (κ1) is 26.1. The van der Waals surface area contributed by atoms with Crippen LogP contribution in [0.25, 0.3) is 11.1 Å². The number of Topliss-reactive ketones (excluding diaryl/α,β-unsaturated/α-hetero) is 1. The smallest absolute Gasteiger partial charge is 0.266 e. The van der Waals surface area contributed by atoms with Gasteiger partial charge in [-0.2, -0.15) is 4.39 Å². The zero-order valence-electron chi connectivity index (χ0n) is 20.2. The molecular formula is C26H25F4N5O2. The van der Waals surface area contributed by atoms with E-state index in [9.17, 15) is 27.2 Å². The molecule has 0 aliphatic carbocycles. The molecule has 1 aliphatic heterocycles. The number of carbonyl (C=O) groups excluding carboxylic acids is 2. The molecule has 2 aromatic heterocycles. The highest BCUT2D eigenvalue weighted by atomic mass is 19.2. The second-order valence-corrected chi connectivity index (χ2v) is 8.70. The van der Waals surface area contributed by atoms with E-state index in [4.69, 9.17) is 5.73 Å². The van der Waals surface area contributed by atoms with Gasteiger partial charge in [0.25, 0.3) is 5.91 Å². The Labute approximate surface area is 210 Å². The third-order valence-electron chi connectivity index (χ3n) is 6.42. The molecule has 2 N–H and O–H groups in total. The van der Waals surface area contributed by atoms with Crippen LogP contribution in [-0.2, 0) is 16.9 Å². The van der Waals surface area contributed by atoms with Crippen molar-refractivity contribution in [3.8, 4) is 11.1 Å². The molecule has 0 saturated carbocycles. The summed E-state index contributed by atoms with van der Waals surface area (Å²) < 4.78 is 56.4. The maximum Gasteiger partial charge on any atom is 0.266 e. The lowest BCUT2D eigenvalue weighted by Gasteiger charge is -2.25. The zero-order valence-corrected chi connectivity index (χ0v) is 20.2. The molecular weight excluding hydrogens is 490 g/mol. The van der Waals surface area contributed by atoms with Crippen molar-refractivity contribution < 1.29 is 27.2 Å². The lowest BCUT2D eigenvalue weighted by atomic mass is 9.83. The van der Waals surface area contributed by atoms with E-state index in [0.29, 0.717) is 11.1 Å². The van der Waals surface area contributed by atoms with Crippen LogP contribution in [0.4, 0.5) is 17.6 Å². The van der Waals surface area contributed by atoms with Crippen LogP contribution in [0.2, 0.25) is 0 Å². The summed E-state index contributed by atoms with van der Waals surface area (Å²) in [5.74, 6) is -1.78. The number of rotatable bonds is 9. The van der Waals surface area contributed by atoms with E-state index < -0.39 is 48.7 Å². The van der Waals surface area contributed by atoms with E-state index in [1.165, 1.54) is 31.6 Å². The Morgan fingerprint density at radius 3 is 2.51 bits per heavy atom. The summed E-state index contributed by atoms with van der Waals surface area (Å²) in [6, 6.07) is 10.9. The molecule has 11 heteroatoms. The van der Waals surface area contributed by atoms with Crippen molar-refractivity contribution in [3.63, 3.8) is 0 Å². The number of nitrogens with two attached hydrogens (primary N) is 1. The van der Waals surface area contributed by atoms with Crippen LogP contribution in [0.3, 0.4) is 0 Å². The number of amides is 1. The molecule has 0 radical (unpaired) electrons. The number of aromatic nitrogens is 2. The Morgan fingerprint density at radius 2 is 1.89 bits per heavy atom. The summed E-state index contributed by atoms with van der Waals surface area (Å²) in [7, 11) is 1.43. The van der Waals surface area contributed by atoms with Gasteiger partial charge in [-0.25, -0.2) is 23.1 Å². The predicted octanol–water partition coefficient (Wildman–Crippen LogP) is 3.96. The van der Waals surface area contributed by atoms with Crippen molar-refractivity contribution >= 4 is 17.6 Å². The van der Waals surface area contributed by atoms with E-state index in [0.717, 1.165) is 9.47 Å². The van der Waals surface area contributed by atoms with Gasteiger partial charge >= 0.3 is 0 Å². The van der Waals surface area contributed by atoms with Gasteiger partial charge in [-0.05, 0) is 35.4 Å². The van der Waals surface area contributed by atoms with Crippen molar-refractivity contribution in [2.45, 2.75) is 37.8 Å². The molecule has 4 rings (SSSR count). The summed E-state index contributed by atoms with van der Waals surface area (Å²) in [4.78, 5) is 35.6. The zero-order chi connectivity index (χ0) is 26.9. The van der Waals surface area contributed by atoms with Crippen LogP contribution >= 0.6 is 0 Å². The van der Waals surface area contributed by atoms with E-state index in [-0.39, 0.29) is 29.2 Å². The number of aliphatic imine (C=N–C) groups is 1. The molecule has 3 heterocycles. The van der Waals surface area contributed by atoms with Gasteiger partial charge in [0.2, 0.25) is 5.95 Å². The number of nitrogens with zero attached hydrogens (tertiary/aromatic N) is 4. The first-order chi connectivity index (χ1) is 17.6. The maximum absolute atomic E-state index is 14.4. The normalized spacial score (nSPS) is 19.1. The summed E-state index contributed by atoms with van der Waals surface area (Å²) >= 11 is 0. The highest BCUT2D eigenvalue weighted by Gasteiger charge is 2.50. The van der Waals surface area contributed by atoms with Gasteiger partial charge in [0.05, 0.1) is 12.2 Å². The number of hydrogen-bond donors (Lipinski definition) is 1. The largest absolute Gasteiger partial charge is 0.369 e. The molecule has 0 saturated heterocycles. The van der Waals surface area contributed by atoms with E-state index >= 15 is 0 Å². The quantitative estimate of drug-likeness (QED) is 0.265. The average molecular weight is 516 g/mol. The molecule has 7 nitrogen and oxygen atoms in total. The number of hydrogen-bond acceptors (Lipinski definition) is 5. The Balaban J connectivity index is 1.92. The number of ketones is 1. The number of halogens is 4. The molecule has 0 bridgehead atoms. The van der Waals surface area contributed by atoms with Gasteiger partial charge in [-0.15, -0.1) is 0 Å². The third-order valence-corrected chi connectivity index (χ3v) is 6.42. The summed E-state index contributed by atoms with van der Waals surface area (Å²) in [5, 5.41) is 0. The Kier molecular flexibility index (Phi) is 7.15. The van der Waals surface area contributed by atoms with Gasteiger partial charge < -0.3 is 10.3 Å². The number of guanidine groups is 1. The Morgan fingerprint density at radius 1 is 1.14 bits per heavy atom. The molecule has 194 valence electrons. The van der Waals surface area contributed by atoms with Gasteiger partial charge in [0.1, 0.15) is 6.67 Å². The Hall–Kier alpha value is -4.02. The highest BCUT2D eigenvalue weighted by molar-refractivity contribution is 6.09. The van der Waals surface area contributed by atoms with Gasteiger partial charge in [-0.1, -0.05) is 25.1 Å². The molecule has 1 aliphatic rings. The van der Waals surface area contributed by atoms with E-state index in [1.54, 1.807) is 37.3 Å². The number of carbonyl (C=O) groups is 2.